The summed E-state index contributed by atoms with van der Waals surface area (Å²) in [5.74, 6) is -1.55. The van der Waals surface area contributed by atoms with Crippen LogP contribution in [0.5, 0.6) is 0 Å². The van der Waals surface area contributed by atoms with Crippen molar-refractivity contribution in [2.75, 3.05) is 28.9 Å². The third-order valence-corrected chi connectivity index (χ3v) is 6.79. The van der Waals surface area contributed by atoms with Gasteiger partial charge in [-0.2, -0.15) is 16.8 Å². The number of nitrogens with two attached hydrogens (primary N) is 1. The number of urea groups is 1. The number of carbonyl (C=O) groups is 1. The number of benzene rings is 2. The molecule has 0 unspecified atom stereocenters. The van der Waals surface area contributed by atoms with Crippen molar-refractivity contribution >= 4 is 70.7 Å². The lowest BCUT2D eigenvalue weighted by Crippen LogP contribution is -2.19. The summed E-state index contributed by atoms with van der Waals surface area (Å²) in [5, 5.41) is 12.4. The van der Waals surface area contributed by atoms with Crippen LogP contribution >= 0.6 is 11.6 Å². The van der Waals surface area contributed by atoms with Gasteiger partial charge in [0.25, 0.3) is 10.1 Å². The van der Waals surface area contributed by atoms with Gasteiger partial charge in [-0.15, -0.1) is 10.2 Å². The van der Waals surface area contributed by atoms with Gasteiger partial charge in [-0.25, -0.2) is 17.4 Å². The molecule has 2 rings (SSSR count). The number of hydrogen-bond donors (Lipinski definition) is 5. The predicted molar refractivity (Wildman–Crippen MR) is 125 cm³/mol. The van der Waals surface area contributed by atoms with Crippen molar-refractivity contribution in [3.8, 4) is 0 Å². The molecule has 0 radical (unpaired) electrons. The maximum Gasteiger partial charge on any atom is 0.397 e. The Hall–Kier alpha value is -2.87. The molecule has 192 valence electrons. The molecule has 0 saturated carbocycles. The summed E-state index contributed by atoms with van der Waals surface area (Å²) in [6.45, 7) is -0.815. The topological polar surface area (TPSA) is 244 Å². The van der Waals surface area contributed by atoms with Crippen molar-refractivity contribution in [1.29, 1.82) is 0 Å². The first-order valence-corrected chi connectivity index (χ1v) is 14.0. The van der Waals surface area contributed by atoms with Crippen LogP contribution in [0.15, 0.2) is 51.5 Å². The molecule has 2 amide bonds. The van der Waals surface area contributed by atoms with Gasteiger partial charge in [0.05, 0.1) is 28.0 Å². The molecule has 19 heteroatoms. The minimum atomic E-state index is -4.79. The fraction of sp³-hybridized carbons (Fsp3) is 0.188. The van der Waals surface area contributed by atoms with E-state index in [0.29, 0.717) is 0 Å². The predicted octanol–water partition coefficient (Wildman–Crippen LogP) is 2.10. The summed E-state index contributed by atoms with van der Waals surface area (Å²) in [6, 6.07) is 6.42. The minimum absolute atomic E-state index is 0.0238. The van der Waals surface area contributed by atoms with Crippen LogP contribution in [0.4, 0.5) is 27.5 Å². The van der Waals surface area contributed by atoms with Gasteiger partial charge in [-0.1, -0.05) is 11.6 Å². The number of sulfone groups is 1. The Labute approximate surface area is 205 Å². The van der Waals surface area contributed by atoms with Crippen LogP contribution in [0.1, 0.15) is 0 Å². The molecule has 2 aromatic rings. The summed E-state index contributed by atoms with van der Waals surface area (Å²) < 4.78 is 88.7. The molecule has 35 heavy (non-hydrogen) atoms. The van der Waals surface area contributed by atoms with E-state index in [-0.39, 0.29) is 32.7 Å². The average Bonchev–Trinajstić information content (AvgIpc) is 2.70. The van der Waals surface area contributed by atoms with Gasteiger partial charge in [0, 0.05) is 5.69 Å². The van der Waals surface area contributed by atoms with Crippen LogP contribution < -0.4 is 16.4 Å². The molecule has 0 saturated heterocycles. The maximum atomic E-state index is 12.3. The smallest absolute Gasteiger partial charge is 0.370 e. The molecular formula is C16H18ClN5O10S3. The molecule has 0 spiro atoms. The Morgan fingerprint density at radius 1 is 1.00 bits per heavy atom. The normalized spacial score (nSPS) is 12.5. The van der Waals surface area contributed by atoms with Gasteiger partial charge in [0.2, 0.25) is 0 Å². The zero-order chi connectivity index (χ0) is 26.4. The van der Waals surface area contributed by atoms with Crippen molar-refractivity contribution in [2.45, 2.75) is 4.90 Å². The number of rotatable bonds is 11. The third-order valence-electron chi connectivity index (χ3n) is 3.84. The van der Waals surface area contributed by atoms with Crippen LogP contribution in [-0.2, 0) is 34.5 Å². The first-order chi connectivity index (χ1) is 16.1. The van der Waals surface area contributed by atoms with Crippen LogP contribution in [0, 0.1) is 0 Å². The molecule has 0 heterocycles. The van der Waals surface area contributed by atoms with E-state index in [1.165, 1.54) is 24.3 Å². The monoisotopic (exact) mass is 571 g/mol. The number of anilines is 2. The van der Waals surface area contributed by atoms with E-state index in [0.717, 1.165) is 12.1 Å². The van der Waals surface area contributed by atoms with Gasteiger partial charge in [-0.05, 0) is 36.4 Å². The summed E-state index contributed by atoms with van der Waals surface area (Å²) >= 11 is 6.08. The van der Waals surface area contributed by atoms with E-state index >= 15 is 0 Å². The van der Waals surface area contributed by atoms with E-state index in [4.69, 9.17) is 26.4 Å². The second-order valence-corrected chi connectivity index (χ2v) is 11.6. The van der Waals surface area contributed by atoms with Gasteiger partial charge >= 0.3 is 16.4 Å². The second-order valence-electron chi connectivity index (χ2n) is 6.51. The SMILES string of the molecule is NC(=O)Nc1cc(NCS(=O)(=O)O)ccc1/N=N/c1ccc(S(=O)(=O)CCOS(=O)(=O)O)cc1Cl. The zero-order valence-electron chi connectivity index (χ0n) is 17.3. The highest BCUT2D eigenvalue weighted by atomic mass is 35.5. The fourth-order valence-corrected chi connectivity index (χ4v) is 4.52. The van der Waals surface area contributed by atoms with E-state index in [2.05, 4.69) is 25.0 Å². The highest BCUT2D eigenvalue weighted by Gasteiger charge is 2.18. The first kappa shape index (κ1) is 28.4. The van der Waals surface area contributed by atoms with E-state index in [1.807, 2.05) is 0 Å². The quantitative estimate of drug-likeness (QED) is 0.193. The molecule has 2 aromatic carbocycles. The highest BCUT2D eigenvalue weighted by molar-refractivity contribution is 7.91. The molecule has 0 atom stereocenters. The molecule has 0 aromatic heterocycles. The molecule has 0 aliphatic heterocycles. The molecule has 0 bridgehead atoms. The van der Waals surface area contributed by atoms with Crippen LogP contribution in [-0.4, -0.2) is 58.6 Å². The summed E-state index contributed by atoms with van der Waals surface area (Å²) in [5.41, 5.74) is 5.43. The fourth-order valence-electron chi connectivity index (χ4n) is 2.38. The number of azo groups is 1. The molecule has 0 fully saturated rings. The van der Waals surface area contributed by atoms with Gasteiger partial charge in [0.15, 0.2) is 9.84 Å². The first-order valence-electron chi connectivity index (χ1n) is 9.01. The Bertz CT molecular complexity index is 1460. The third kappa shape index (κ3) is 9.72. The van der Waals surface area contributed by atoms with Crippen molar-refractivity contribution in [2.24, 2.45) is 16.0 Å². The van der Waals surface area contributed by atoms with Gasteiger partial charge in [-0.3, -0.25) is 9.11 Å². The van der Waals surface area contributed by atoms with Crippen molar-refractivity contribution < 1.29 is 43.3 Å². The minimum Gasteiger partial charge on any atom is -0.370 e. The molecule has 0 aliphatic carbocycles. The number of hydrogen-bond acceptors (Lipinski definition) is 11. The van der Waals surface area contributed by atoms with Gasteiger partial charge in [0.1, 0.15) is 17.3 Å². The van der Waals surface area contributed by atoms with E-state index in [9.17, 15) is 30.0 Å². The Morgan fingerprint density at radius 3 is 2.20 bits per heavy atom. The zero-order valence-corrected chi connectivity index (χ0v) is 20.5. The number of amides is 2. The number of nitrogens with zero attached hydrogens (tertiary/aromatic N) is 2. The highest BCUT2D eigenvalue weighted by Crippen LogP contribution is 2.33. The van der Waals surface area contributed by atoms with Crippen molar-refractivity contribution in [1.82, 2.24) is 0 Å². The van der Waals surface area contributed by atoms with Crippen molar-refractivity contribution in [3.63, 3.8) is 0 Å². The molecule has 6 N–H and O–H groups in total. The lowest BCUT2D eigenvalue weighted by atomic mass is 10.2. The number of halogens is 1. The number of primary amides is 1. The van der Waals surface area contributed by atoms with Crippen LogP contribution in [0.25, 0.3) is 0 Å². The van der Waals surface area contributed by atoms with Crippen LogP contribution in [0.3, 0.4) is 0 Å². The van der Waals surface area contributed by atoms with Crippen molar-refractivity contribution in [3.05, 3.63) is 41.4 Å². The Kier molecular flexibility index (Phi) is 9.11. The van der Waals surface area contributed by atoms with Gasteiger partial charge < -0.3 is 16.4 Å². The second kappa shape index (κ2) is 11.2. The van der Waals surface area contributed by atoms with E-state index in [1.54, 1.807) is 0 Å². The summed E-state index contributed by atoms with van der Waals surface area (Å²) in [6.07, 6.45) is 0. The Morgan fingerprint density at radius 2 is 1.63 bits per heavy atom. The maximum absolute atomic E-state index is 12.3. The van der Waals surface area contributed by atoms with Crippen LogP contribution in [0.2, 0.25) is 5.02 Å². The largest absolute Gasteiger partial charge is 0.397 e. The number of carbonyl (C=O) groups excluding carboxylic acids is 1. The molecule has 0 aliphatic rings. The number of nitrogens with one attached hydrogen (secondary N) is 2. The molecule has 15 nitrogen and oxygen atoms in total. The van der Waals surface area contributed by atoms with E-state index < -0.39 is 54.6 Å². The molecular weight excluding hydrogens is 554 g/mol. The Balaban J connectivity index is 2.26. The standard InChI is InChI=1S/C16H18ClN5O10S3/c17-12-8-11(33(24,25)6-5-32-35(29,30)31)2-4-13(12)21-22-14-3-1-10(19-9-34(26,27)28)7-15(14)20-16(18)23/h1-4,7-8,19H,5-6,9H2,(H3,18,20,23)(H,26,27,28)(H,29,30,31)/b22-21+. The summed E-state index contributed by atoms with van der Waals surface area (Å²) in [4.78, 5) is 11.0. The average molecular weight is 572 g/mol. The lowest BCUT2D eigenvalue weighted by molar-refractivity contribution is 0.259. The lowest BCUT2D eigenvalue weighted by Gasteiger charge is -2.10. The summed E-state index contributed by atoms with van der Waals surface area (Å²) in [7, 11) is -13.1.